The third-order valence-corrected chi connectivity index (χ3v) is 4.55. The van der Waals surface area contributed by atoms with Gasteiger partial charge in [0.25, 0.3) is 0 Å². The summed E-state index contributed by atoms with van der Waals surface area (Å²) in [6.07, 6.45) is 8.53. The quantitative estimate of drug-likeness (QED) is 0.683. The number of carboxylic acids is 1. The highest BCUT2D eigenvalue weighted by Gasteiger charge is 2.31. The molecule has 0 aromatic rings. The Morgan fingerprint density at radius 3 is 2.55 bits per heavy atom. The monoisotopic (exact) mass is 284 g/mol. The fourth-order valence-corrected chi connectivity index (χ4v) is 3.27. The molecule has 1 fully saturated rings. The Morgan fingerprint density at radius 1 is 1.35 bits per heavy atom. The Balaban J connectivity index is 2.25. The van der Waals surface area contributed by atoms with Crippen molar-refractivity contribution in [1.29, 1.82) is 0 Å². The van der Waals surface area contributed by atoms with Gasteiger partial charge in [0.05, 0.1) is 0 Å². The van der Waals surface area contributed by atoms with Crippen LogP contribution < -0.4 is 5.32 Å². The highest BCUT2D eigenvalue weighted by atomic mass is 16.4. The van der Waals surface area contributed by atoms with E-state index in [0.29, 0.717) is 13.0 Å². The molecule has 20 heavy (non-hydrogen) atoms. The largest absolute Gasteiger partial charge is 0.480 e. The zero-order valence-corrected chi connectivity index (χ0v) is 13.5. The Kier molecular flexibility index (Phi) is 7.52. The number of aliphatic carboxylic acids is 1. The minimum atomic E-state index is -0.777. The Labute approximate surface area is 123 Å². The number of likely N-dealkylation sites (N-methyl/N-ethyl adjacent to an activating group) is 1. The van der Waals surface area contributed by atoms with E-state index in [2.05, 4.69) is 17.3 Å². The maximum atomic E-state index is 11.3. The molecular formula is C16H32N2O2. The van der Waals surface area contributed by atoms with E-state index in [4.69, 9.17) is 0 Å². The first-order chi connectivity index (χ1) is 9.48. The fourth-order valence-electron chi connectivity index (χ4n) is 3.27. The van der Waals surface area contributed by atoms with Gasteiger partial charge in [0.1, 0.15) is 5.54 Å². The molecule has 0 radical (unpaired) electrons. The second-order valence-electron chi connectivity index (χ2n) is 6.54. The molecule has 0 aliphatic heterocycles. The molecule has 1 saturated carbocycles. The van der Waals surface area contributed by atoms with E-state index in [9.17, 15) is 9.90 Å². The molecular weight excluding hydrogens is 252 g/mol. The van der Waals surface area contributed by atoms with Gasteiger partial charge in [-0.3, -0.25) is 4.79 Å². The van der Waals surface area contributed by atoms with Crippen molar-refractivity contribution in [2.45, 2.75) is 64.3 Å². The molecule has 1 aliphatic carbocycles. The average molecular weight is 284 g/mol. The maximum absolute atomic E-state index is 11.3. The van der Waals surface area contributed by atoms with Gasteiger partial charge in [0, 0.05) is 6.54 Å². The van der Waals surface area contributed by atoms with Crippen molar-refractivity contribution in [1.82, 2.24) is 10.2 Å². The summed E-state index contributed by atoms with van der Waals surface area (Å²) in [6.45, 7) is 6.60. The van der Waals surface area contributed by atoms with Crippen LogP contribution in [0.2, 0.25) is 0 Å². The maximum Gasteiger partial charge on any atom is 0.323 e. The van der Waals surface area contributed by atoms with Crippen molar-refractivity contribution in [2.24, 2.45) is 5.92 Å². The van der Waals surface area contributed by atoms with E-state index >= 15 is 0 Å². The Morgan fingerprint density at radius 2 is 2.00 bits per heavy atom. The lowest BCUT2D eigenvalue weighted by molar-refractivity contribution is -0.144. The molecule has 1 rings (SSSR count). The van der Waals surface area contributed by atoms with Crippen LogP contribution in [0.3, 0.4) is 0 Å². The first-order valence-corrected chi connectivity index (χ1v) is 8.15. The fraction of sp³-hybridized carbons (Fsp3) is 0.938. The number of nitrogens with zero attached hydrogens (tertiary/aromatic N) is 1. The topological polar surface area (TPSA) is 52.6 Å². The molecule has 0 spiro atoms. The molecule has 1 unspecified atom stereocenters. The molecule has 0 bridgehead atoms. The zero-order valence-electron chi connectivity index (χ0n) is 13.5. The van der Waals surface area contributed by atoms with Gasteiger partial charge in [-0.25, -0.2) is 0 Å². The van der Waals surface area contributed by atoms with E-state index < -0.39 is 11.5 Å². The number of rotatable bonds is 9. The number of carbonyl (C=O) groups is 1. The van der Waals surface area contributed by atoms with Crippen LogP contribution in [0.25, 0.3) is 0 Å². The summed E-state index contributed by atoms with van der Waals surface area (Å²) >= 11 is 0. The minimum absolute atomic E-state index is 0.686. The first-order valence-electron chi connectivity index (χ1n) is 8.15. The number of hydrogen-bond donors (Lipinski definition) is 2. The van der Waals surface area contributed by atoms with Crippen molar-refractivity contribution in [2.75, 3.05) is 26.7 Å². The molecule has 0 aromatic heterocycles. The molecule has 0 amide bonds. The Bertz CT molecular complexity index is 290. The van der Waals surface area contributed by atoms with E-state index in [1.54, 1.807) is 6.92 Å². The summed E-state index contributed by atoms with van der Waals surface area (Å²) in [5, 5.41) is 12.4. The standard InChI is InChI=1S/C16H32N2O2/c1-4-17-16(2,15(19)20)11-8-12-18(3)13-14-9-6-5-7-10-14/h14,17H,4-13H2,1-3H3,(H,19,20). The molecule has 0 saturated heterocycles. The molecule has 1 aliphatic rings. The summed E-state index contributed by atoms with van der Waals surface area (Å²) in [5.41, 5.74) is -0.777. The lowest BCUT2D eigenvalue weighted by atomic mass is 9.89. The molecule has 4 heteroatoms. The summed E-state index contributed by atoms with van der Waals surface area (Å²) in [7, 11) is 2.17. The second-order valence-corrected chi connectivity index (χ2v) is 6.54. The van der Waals surface area contributed by atoms with E-state index in [1.165, 1.54) is 38.6 Å². The minimum Gasteiger partial charge on any atom is -0.480 e. The first kappa shape index (κ1) is 17.4. The van der Waals surface area contributed by atoms with Crippen LogP contribution in [0.5, 0.6) is 0 Å². The van der Waals surface area contributed by atoms with E-state index in [0.717, 1.165) is 18.9 Å². The summed E-state index contributed by atoms with van der Waals surface area (Å²) in [5.74, 6) is 0.114. The number of carboxylic acid groups (broad SMARTS) is 1. The van der Waals surface area contributed by atoms with Crippen LogP contribution >= 0.6 is 0 Å². The third kappa shape index (κ3) is 5.80. The molecule has 0 aromatic carbocycles. The lowest BCUT2D eigenvalue weighted by Crippen LogP contribution is -2.49. The average Bonchev–Trinajstić information content (AvgIpc) is 2.40. The van der Waals surface area contributed by atoms with E-state index in [-0.39, 0.29) is 0 Å². The van der Waals surface area contributed by atoms with Crippen LogP contribution in [0.15, 0.2) is 0 Å². The van der Waals surface area contributed by atoms with Gasteiger partial charge in [0.15, 0.2) is 0 Å². The molecule has 1 atom stereocenters. The van der Waals surface area contributed by atoms with Crippen molar-refractivity contribution in [3.05, 3.63) is 0 Å². The van der Waals surface area contributed by atoms with Gasteiger partial charge in [-0.2, -0.15) is 0 Å². The van der Waals surface area contributed by atoms with Crippen molar-refractivity contribution in [3.63, 3.8) is 0 Å². The zero-order chi connectivity index (χ0) is 15.0. The molecule has 0 heterocycles. The summed E-state index contributed by atoms with van der Waals surface area (Å²) in [4.78, 5) is 13.7. The van der Waals surface area contributed by atoms with Crippen molar-refractivity contribution in [3.8, 4) is 0 Å². The van der Waals surface area contributed by atoms with Gasteiger partial charge >= 0.3 is 5.97 Å². The normalized spacial score (nSPS) is 20.0. The van der Waals surface area contributed by atoms with Gasteiger partial charge in [-0.15, -0.1) is 0 Å². The predicted molar refractivity (Wildman–Crippen MR) is 83.0 cm³/mol. The highest BCUT2D eigenvalue weighted by molar-refractivity contribution is 5.78. The number of hydrogen-bond acceptors (Lipinski definition) is 3. The molecule has 2 N–H and O–H groups in total. The van der Waals surface area contributed by atoms with Gasteiger partial charge in [-0.05, 0) is 58.7 Å². The highest BCUT2D eigenvalue weighted by Crippen LogP contribution is 2.24. The number of nitrogens with one attached hydrogen (secondary N) is 1. The summed E-state index contributed by atoms with van der Waals surface area (Å²) < 4.78 is 0. The van der Waals surface area contributed by atoms with Crippen molar-refractivity contribution >= 4 is 5.97 Å². The third-order valence-electron chi connectivity index (χ3n) is 4.55. The second kappa shape index (κ2) is 8.63. The lowest BCUT2D eigenvalue weighted by Gasteiger charge is -2.29. The summed E-state index contributed by atoms with van der Waals surface area (Å²) in [6, 6.07) is 0. The smallest absolute Gasteiger partial charge is 0.323 e. The van der Waals surface area contributed by atoms with Crippen LogP contribution in [0.4, 0.5) is 0 Å². The van der Waals surface area contributed by atoms with Crippen LogP contribution in [0, 0.1) is 5.92 Å². The van der Waals surface area contributed by atoms with Crippen LogP contribution in [-0.4, -0.2) is 48.2 Å². The molecule has 118 valence electrons. The van der Waals surface area contributed by atoms with Gasteiger partial charge in [0.2, 0.25) is 0 Å². The van der Waals surface area contributed by atoms with Gasteiger partial charge in [-0.1, -0.05) is 26.2 Å². The van der Waals surface area contributed by atoms with E-state index in [1.807, 2.05) is 6.92 Å². The Hall–Kier alpha value is -0.610. The van der Waals surface area contributed by atoms with Crippen LogP contribution in [-0.2, 0) is 4.79 Å². The van der Waals surface area contributed by atoms with Gasteiger partial charge < -0.3 is 15.3 Å². The van der Waals surface area contributed by atoms with Crippen molar-refractivity contribution < 1.29 is 9.90 Å². The predicted octanol–water partition coefficient (Wildman–Crippen LogP) is 2.73. The SMILES string of the molecule is CCNC(C)(CCCN(C)CC1CCCCC1)C(=O)O. The van der Waals surface area contributed by atoms with Crippen LogP contribution in [0.1, 0.15) is 58.8 Å². The molecule has 4 nitrogen and oxygen atoms in total.